The molecule has 1 aliphatic heterocycles. The molecule has 6 heteroatoms. The van der Waals surface area contributed by atoms with Crippen LogP contribution in [0.15, 0.2) is 55.1 Å². The van der Waals surface area contributed by atoms with Crippen molar-refractivity contribution in [3.05, 3.63) is 76.7 Å². The average molecular weight is 403 g/mol. The van der Waals surface area contributed by atoms with E-state index < -0.39 is 0 Å². The second kappa shape index (κ2) is 7.04. The Morgan fingerprint density at radius 2 is 2.03 bits per heavy atom. The third kappa shape index (κ3) is 3.00. The van der Waals surface area contributed by atoms with E-state index in [9.17, 15) is 4.79 Å². The summed E-state index contributed by atoms with van der Waals surface area (Å²) in [5.74, 6) is 0.117. The number of pyridine rings is 1. The summed E-state index contributed by atoms with van der Waals surface area (Å²) in [5.41, 5.74) is 5.29. The fourth-order valence-electron chi connectivity index (χ4n) is 3.99. The fraction of sp³-hybridized carbons (Fsp3) is 0.217. The van der Waals surface area contributed by atoms with Crippen LogP contribution in [0.3, 0.4) is 0 Å². The van der Waals surface area contributed by atoms with E-state index in [-0.39, 0.29) is 5.91 Å². The number of hydrogen-bond donors (Lipinski definition) is 1. The molecule has 146 valence electrons. The first-order chi connectivity index (χ1) is 14.1. The molecule has 0 saturated heterocycles. The van der Waals surface area contributed by atoms with E-state index in [1.807, 2.05) is 46.3 Å². The first-order valence-electron chi connectivity index (χ1n) is 9.77. The Morgan fingerprint density at radius 3 is 2.79 bits per heavy atom. The van der Waals surface area contributed by atoms with Crippen LogP contribution in [-0.4, -0.2) is 38.4 Å². The summed E-state index contributed by atoms with van der Waals surface area (Å²) in [6, 6.07) is 8.03. The molecule has 0 atom stereocenters. The molecule has 1 N–H and O–H groups in total. The van der Waals surface area contributed by atoms with Crippen LogP contribution in [-0.2, 0) is 0 Å². The number of carbonyl (C=O) groups excluding carboxylic acids is 1. The second-order valence-electron chi connectivity index (χ2n) is 7.39. The van der Waals surface area contributed by atoms with Gasteiger partial charge in [-0.2, -0.15) is 0 Å². The minimum absolute atomic E-state index is 0.117. The zero-order valence-corrected chi connectivity index (χ0v) is 17.3. The Balaban J connectivity index is 1.44. The molecule has 1 aliphatic rings. The largest absolute Gasteiger partial charge is 0.346 e. The van der Waals surface area contributed by atoms with E-state index >= 15 is 0 Å². The van der Waals surface area contributed by atoms with E-state index in [0.29, 0.717) is 6.54 Å². The summed E-state index contributed by atoms with van der Waals surface area (Å²) in [5, 5.41) is 2.14. The van der Waals surface area contributed by atoms with Crippen molar-refractivity contribution in [2.45, 2.75) is 20.3 Å². The predicted octanol–water partition coefficient (Wildman–Crippen LogP) is 4.96. The quantitative estimate of drug-likeness (QED) is 0.526. The molecule has 0 bridgehead atoms. The number of aryl methyl sites for hydroxylation is 1. The van der Waals surface area contributed by atoms with Crippen LogP contribution < -0.4 is 0 Å². The Morgan fingerprint density at radius 1 is 1.21 bits per heavy atom. The standard InChI is InChI=1S/C23H22N4OS/c1-15-16(2)29-23(27-10-3-4-11-27)20(15)22(28)26-12-7-17(8-13-26)19-14-25-21-18(19)6-5-9-24-21/h3-7,9-11,14H,8,12-13H2,1-2H3,(H,24,25). The summed E-state index contributed by atoms with van der Waals surface area (Å²) in [6.45, 7) is 5.48. The highest BCUT2D eigenvalue weighted by molar-refractivity contribution is 7.15. The van der Waals surface area contributed by atoms with Gasteiger partial charge >= 0.3 is 0 Å². The van der Waals surface area contributed by atoms with Crippen LogP contribution in [0.4, 0.5) is 0 Å². The number of amides is 1. The van der Waals surface area contributed by atoms with Crippen LogP contribution in [0.1, 0.15) is 32.8 Å². The van der Waals surface area contributed by atoms with Gasteiger partial charge in [0.05, 0.1) is 5.56 Å². The Bertz CT molecular complexity index is 1230. The van der Waals surface area contributed by atoms with Crippen molar-refractivity contribution in [2.24, 2.45) is 0 Å². The molecule has 0 radical (unpaired) electrons. The molecule has 29 heavy (non-hydrogen) atoms. The van der Waals surface area contributed by atoms with Gasteiger partial charge in [-0.1, -0.05) is 6.08 Å². The minimum Gasteiger partial charge on any atom is -0.346 e. The van der Waals surface area contributed by atoms with Gasteiger partial charge in [0.2, 0.25) is 0 Å². The lowest BCUT2D eigenvalue weighted by molar-refractivity contribution is 0.0772. The average Bonchev–Trinajstić information content (AvgIpc) is 3.48. The number of aromatic nitrogens is 3. The minimum atomic E-state index is 0.117. The highest BCUT2D eigenvalue weighted by Crippen LogP contribution is 2.34. The normalized spacial score (nSPS) is 14.4. The molecule has 1 amide bonds. The Kier molecular flexibility index (Phi) is 4.36. The van der Waals surface area contributed by atoms with Gasteiger partial charge in [-0.05, 0) is 55.7 Å². The summed E-state index contributed by atoms with van der Waals surface area (Å²) < 4.78 is 2.04. The summed E-state index contributed by atoms with van der Waals surface area (Å²) in [7, 11) is 0. The first kappa shape index (κ1) is 17.9. The van der Waals surface area contributed by atoms with Gasteiger partial charge in [-0.3, -0.25) is 4.79 Å². The van der Waals surface area contributed by atoms with Crippen molar-refractivity contribution >= 4 is 33.9 Å². The maximum Gasteiger partial charge on any atom is 0.257 e. The van der Waals surface area contributed by atoms with E-state index in [1.165, 1.54) is 16.0 Å². The van der Waals surface area contributed by atoms with Gasteiger partial charge in [0, 0.05) is 53.7 Å². The maximum atomic E-state index is 13.4. The lowest BCUT2D eigenvalue weighted by atomic mass is 9.99. The Labute approximate surface area is 173 Å². The van der Waals surface area contributed by atoms with E-state index in [0.717, 1.165) is 40.1 Å². The van der Waals surface area contributed by atoms with Crippen molar-refractivity contribution in [2.75, 3.05) is 13.1 Å². The number of H-pyrrole nitrogens is 1. The van der Waals surface area contributed by atoms with Gasteiger partial charge in [-0.25, -0.2) is 4.98 Å². The smallest absolute Gasteiger partial charge is 0.257 e. The number of nitrogens with one attached hydrogen (secondary N) is 1. The number of rotatable bonds is 3. The zero-order chi connectivity index (χ0) is 20.0. The van der Waals surface area contributed by atoms with Crippen LogP contribution in [0.25, 0.3) is 21.6 Å². The van der Waals surface area contributed by atoms with E-state index in [1.54, 1.807) is 17.5 Å². The van der Waals surface area contributed by atoms with Crippen molar-refractivity contribution in [3.63, 3.8) is 0 Å². The van der Waals surface area contributed by atoms with Gasteiger partial charge < -0.3 is 14.5 Å². The van der Waals surface area contributed by atoms with Crippen molar-refractivity contribution < 1.29 is 4.79 Å². The number of nitrogens with zero attached hydrogens (tertiary/aromatic N) is 3. The van der Waals surface area contributed by atoms with Crippen LogP contribution in [0.2, 0.25) is 0 Å². The number of carbonyl (C=O) groups is 1. The van der Waals surface area contributed by atoms with Crippen molar-refractivity contribution in [1.82, 2.24) is 19.4 Å². The highest BCUT2D eigenvalue weighted by atomic mass is 32.1. The number of hydrogen-bond acceptors (Lipinski definition) is 3. The second-order valence-corrected chi connectivity index (χ2v) is 8.59. The number of aromatic amines is 1. The highest BCUT2D eigenvalue weighted by Gasteiger charge is 2.26. The predicted molar refractivity (Wildman–Crippen MR) is 118 cm³/mol. The molecule has 0 aliphatic carbocycles. The van der Waals surface area contributed by atoms with E-state index in [4.69, 9.17) is 0 Å². The molecule has 5 rings (SSSR count). The van der Waals surface area contributed by atoms with Crippen LogP contribution >= 0.6 is 11.3 Å². The topological polar surface area (TPSA) is 53.9 Å². The SMILES string of the molecule is Cc1sc(-n2cccc2)c(C(=O)N2CC=C(c3c[nH]c4ncccc34)CC2)c1C. The molecule has 5 heterocycles. The maximum absolute atomic E-state index is 13.4. The van der Waals surface area contributed by atoms with E-state index in [2.05, 4.69) is 36.0 Å². The van der Waals surface area contributed by atoms with Gasteiger partial charge in [0.15, 0.2) is 0 Å². The lowest BCUT2D eigenvalue weighted by Crippen LogP contribution is -2.35. The third-order valence-corrected chi connectivity index (χ3v) is 6.93. The van der Waals surface area contributed by atoms with Gasteiger partial charge in [0.25, 0.3) is 5.91 Å². The zero-order valence-electron chi connectivity index (χ0n) is 16.5. The summed E-state index contributed by atoms with van der Waals surface area (Å²) >= 11 is 1.68. The van der Waals surface area contributed by atoms with Crippen molar-refractivity contribution in [1.29, 1.82) is 0 Å². The molecule has 0 aromatic carbocycles. The third-order valence-electron chi connectivity index (χ3n) is 5.71. The Hall–Kier alpha value is -3.12. The molecule has 0 spiro atoms. The van der Waals surface area contributed by atoms with Crippen LogP contribution in [0, 0.1) is 13.8 Å². The summed E-state index contributed by atoms with van der Waals surface area (Å²) in [4.78, 5) is 24.2. The molecular formula is C23H22N4OS. The summed E-state index contributed by atoms with van der Waals surface area (Å²) in [6.07, 6.45) is 10.8. The fourth-order valence-corrected chi connectivity index (χ4v) is 5.11. The molecular weight excluding hydrogens is 380 g/mol. The molecule has 4 aromatic rings. The molecule has 0 saturated carbocycles. The molecule has 5 nitrogen and oxygen atoms in total. The van der Waals surface area contributed by atoms with Crippen LogP contribution in [0.5, 0.6) is 0 Å². The number of thiophene rings is 1. The monoisotopic (exact) mass is 402 g/mol. The van der Waals surface area contributed by atoms with Gasteiger partial charge in [-0.15, -0.1) is 11.3 Å². The molecule has 0 fully saturated rings. The number of fused-ring (bicyclic) bond motifs is 1. The molecule has 0 unspecified atom stereocenters. The first-order valence-corrected chi connectivity index (χ1v) is 10.6. The lowest BCUT2D eigenvalue weighted by Gasteiger charge is -2.27. The molecule has 4 aromatic heterocycles. The van der Waals surface area contributed by atoms with Crippen molar-refractivity contribution in [3.8, 4) is 5.00 Å². The van der Waals surface area contributed by atoms with Gasteiger partial charge in [0.1, 0.15) is 10.6 Å².